The SMILES string of the molecule is CCN(CC)C(=O)CSc1nc2sc3c(c2c(=O)n1CC)CCC(C)C3. The largest absolute Gasteiger partial charge is 0.343 e. The lowest BCUT2D eigenvalue weighted by Gasteiger charge is -2.19. The van der Waals surface area contributed by atoms with E-state index in [1.54, 1.807) is 15.9 Å². The van der Waals surface area contributed by atoms with Crippen LogP contribution in [0.15, 0.2) is 9.95 Å². The third-order valence-corrected chi connectivity index (χ3v) is 7.25. The number of fused-ring (bicyclic) bond motifs is 3. The van der Waals surface area contributed by atoms with Gasteiger partial charge in [-0.05, 0) is 51.5 Å². The summed E-state index contributed by atoms with van der Waals surface area (Å²) < 4.78 is 1.73. The highest BCUT2D eigenvalue weighted by molar-refractivity contribution is 7.99. The van der Waals surface area contributed by atoms with E-state index in [-0.39, 0.29) is 11.5 Å². The van der Waals surface area contributed by atoms with Crippen LogP contribution in [-0.2, 0) is 24.2 Å². The van der Waals surface area contributed by atoms with E-state index >= 15 is 0 Å². The third-order valence-electron chi connectivity index (χ3n) is 5.14. The van der Waals surface area contributed by atoms with Crippen molar-refractivity contribution in [3.8, 4) is 0 Å². The second-order valence-electron chi connectivity index (χ2n) is 6.83. The van der Waals surface area contributed by atoms with Crippen LogP contribution in [0, 0.1) is 5.92 Å². The Bertz CT molecular complexity index is 868. The number of carbonyl (C=O) groups is 1. The fourth-order valence-corrected chi connectivity index (χ4v) is 5.98. The molecule has 0 fully saturated rings. The van der Waals surface area contributed by atoms with Crippen LogP contribution in [0.25, 0.3) is 10.2 Å². The molecule has 2 aromatic rings. The zero-order valence-corrected chi connectivity index (χ0v) is 17.6. The molecule has 0 spiro atoms. The third kappa shape index (κ3) is 3.56. The minimum atomic E-state index is 0.0577. The molecule has 1 amide bonds. The number of thioether (sulfide) groups is 1. The van der Waals surface area contributed by atoms with Gasteiger partial charge in [-0.3, -0.25) is 14.2 Å². The summed E-state index contributed by atoms with van der Waals surface area (Å²) in [6.07, 6.45) is 3.16. The number of hydrogen-bond donors (Lipinski definition) is 0. The van der Waals surface area contributed by atoms with Gasteiger partial charge in [0.15, 0.2) is 5.16 Å². The second kappa shape index (κ2) is 8.13. The molecule has 0 radical (unpaired) electrons. The number of amides is 1. The molecule has 1 aliphatic carbocycles. The highest BCUT2D eigenvalue weighted by Gasteiger charge is 2.24. The first-order chi connectivity index (χ1) is 12.5. The molecule has 1 atom stereocenters. The fraction of sp³-hybridized carbons (Fsp3) is 0.632. The van der Waals surface area contributed by atoms with Gasteiger partial charge in [-0.25, -0.2) is 4.98 Å². The van der Waals surface area contributed by atoms with Gasteiger partial charge in [0.1, 0.15) is 4.83 Å². The molecule has 2 aromatic heterocycles. The molecule has 0 bridgehead atoms. The maximum absolute atomic E-state index is 13.1. The summed E-state index contributed by atoms with van der Waals surface area (Å²) in [4.78, 5) is 34.2. The Labute approximate surface area is 162 Å². The van der Waals surface area contributed by atoms with E-state index in [1.165, 1.54) is 22.2 Å². The van der Waals surface area contributed by atoms with Crippen molar-refractivity contribution in [2.75, 3.05) is 18.8 Å². The summed E-state index contributed by atoms with van der Waals surface area (Å²) in [5.74, 6) is 1.09. The van der Waals surface area contributed by atoms with Crippen molar-refractivity contribution in [1.29, 1.82) is 0 Å². The Morgan fingerprint density at radius 2 is 2.08 bits per heavy atom. The van der Waals surface area contributed by atoms with Crippen LogP contribution in [0.1, 0.15) is 44.6 Å². The van der Waals surface area contributed by atoms with Crippen molar-refractivity contribution < 1.29 is 4.79 Å². The first kappa shape index (κ1) is 19.4. The Kier molecular flexibility index (Phi) is 6.07. The van der Waals surface area contributed by atoms with Gasteiger partial charge in [-0.1, -0.05) is 18.7 Å². The molecule has 0 saturated carbocycles. The number of nitrogens with zero attached hydrogens (tertiary/aromatic N) is 3. The lowest BCUT2D eigenvalue weighted by atomic mass is 9.89. The molecule has 0 aromatic carbocycles. The zero-order valence-electron chi connectivity index (χ0n) is 16.0. The van der Waals surface area contributed by atoms with Gasteiger partial charge in [0.05, 0.1) is 11.1 Å². The van der Waals surface area contributed by atoms with E-state index in [0.29, 0.717) is 36.5 Å². The molecule has 0 saturated heterocycles. The van der Waals surface area contributed by atoms with Crippen LogP contribution < -0.4 is 5.56 Å². The van der Waals surface area contributed by atoms with Crippen molar-refractivity contribution in [2.24, 2.45) is 5.92 Å². The van der Waals surface area contributed by atoms with Crippen LogP contribution >= 0.6 is 23.1 Å². The van der Waals surface area contributed by atoms with Gasteiger partial charge in [-0.15, -0.1) is 11.3 Å². The van der Waals surface area contributed by atoms with Crippen molar-refractivity contribution >= 4 is 39.2 Å². The van der Waals surface area contributed by atoms with Gasteiger partial charge in [0.2, 0.25) is 5.91 Å². The first-order valence-electron chi connectivity index (χ1n) is 9.45. The lowest BCUT2D eigenvalue weighted by Crippen LogP contribution is -2.32. The number of rotatable bonds is 6. The highest BCUT2D eigenvalue weighted by Crippen LogP contribution is 2.36. The van der Waals surface area contributed by atoms with Crippen molar-refractivity contribution in [3.63, 3.8) is 0 Å². The molecule has 5 nitrogen and oxygen atoms in total. The average Bonchev–Trinajstić information content (AvgIpc) is 2.98. The predicted octanol–water partition coefficient (Wildman–Crippen LogP) is 3.56. The number of aromatic nitrogens is 2. The van der Waals surface area contributed by atoms with Gasteiger partial charge in [0, 0.05) is 24.5 Å². The topological polar surface area (TPSA) is 55.2 Å². The predicted molar refractivity (Wildman–Crippen MR) is 109 cm³/mol. The quantitative estimate of drug-likeness (QED) is 0.556. The standard InChI is InChI=1S/C19H27N3O2S2/c1-5-21(6-2)15(23)11-25-19-20-17-16(18(24)22(19)7-3)13-9-8-12(4)10-14(13)26-17/h12H,5-11H2,1-4H3. The molecule has 1 aliphatic rings. The van der Waals surface area contributed by atoms with E-state index in [4.69, 9.17) is 4.98 Å². The van der Waals surface area contributed by atoms with Crippen LogP contribution in [0.3, 0.4) is 0 Å². The maximum Gasteiger partial charge on any atom is 0.263 e. The van der Waals surface area contributed by atoms with Crippen LogP contribution in [0.4, 0.5) is 0 Å². The average molecular weight is 394 g/mol. The minimum absolute atomic E-state index is 0.0577. The van der Waals surface area contributed by atoms with E-state index in [0.717, 1.165) is 29.5 Å². The second-order valence-corrected chi connectivity index (χ2v) is 8.86. The first-order valence-corrected chi connectivity index (χ1v) is 11.3. The van der Waals surface area contributed by atoms with Crippen molar-refractivity contribution in [3.05, 3.63) is 20.8 Å². The summed E-state index contributed by atoms with van der Waals surface area (Å²) in [5, 5.41) is 1.48. The normalized spacial score (nSPS) is 16.7. The van der Waals surface area contributed by atoms with Gasteiger partial charge >= 0.3 is 0 Å². The molecule has 7 heteroatoms. The van der Waals surface area contributed by atoms with E-state index in [1.807, 2.05) is 25.7 Å². The van der Waals surface area contributed by atoms with Crippen LogP contribution in [-0.4, -0.2) is 39.2 Å². The van der Waals surface area contributed by atoms with Crippen molar-refractivity contribution in [1.82, 2.24) is 14.5 Å². The summed E-state index contributed by atoms with van der Waals surface area (Å²) in [5.41, 5.74) is 1.28. The molecule has 0 aliphatic heterocycles. The number of hydrogen-bond acceptors (Lipinski definition) is 5. The Hall–Kier alpha value is -1.34. The summed E-state index contributed by atoms with van der Waals surface area (Å²) >= 11 is 3.05. The summed E-state index contributed by atoms with van der Waals surface area (Å²) in [7, 11) is 0. The summed E-state index contributed by atoms with van der Waals surface area (Å²) in [6.45, 7) is 10.2. The molecule has 3 rings (SSSR count). The minimum Gasteiger partial charge on any atom is -0.343 e. The van der Waals surface area contributed by atoms with E-state index in [2.05, 4.69) is 6.92 Å². The Balaban J connectivity index is 1.96. The van der Waals surface area contributed by atoms with Gasteiger partial charge in [0.25, 0.3) is 5.56 Å². The van der Waals surface area contributed by atoms with Gasteiger partial charge in [-0.2, -0.15) is 0 Å². The molecule has 26 heavy (non-hydrogen) atoms. The van der Waals surface area contributed by atoms with Crippen LogP contribution in [0.2, 0.25) is 0 Å². The van der Waals surface area contributed by atoms with Gasteiger partial charge < -0.3 is 4.90 Å². The zero-order chi connectivity index (χ0) is 18.8. The molecule has 142 valence electrons. The number of thiophene rings is 1. The monoisotopic (exact) mass is 393 g/mol. The smallest absolute Gasteiger partial charge is 0.263 e. The highest BCUT2D eigenvalue weighted by atomic mass is 32.2. The number of carbonyl (C=O) groups excluding carboxylic acids is 1. The molecule has 1 unspecified atom stereocenters. The van der Waals surface area contributed by atoms with Crippen LogP contribution in [0.5, 0.6) is 0 Å². The summed E-state index contributed by atoms with van der Waals surface area (Å²) in [6, 6.07) is 0. The Morgan fingerprint density at radius 3 is 2.73 bits per heavy atom. The molecule has 0 N–H and O–H groups in total. The molecular formula is C19H27N3O2S2. The maximum atomic E-state index is 13.1. The lowest BCUT2D eigenvalue weighted by molar-refractivity contribution is -0.127. The Morgan fingerprint density at radius 1 is 1.35 bits per heavy atom. The number of aryl methyl sites for hydroxylation is 1. The van der Waals surface area contributed by atoms with E-state index < -0.39 is 0 Å². The molecular weight excluding hydrogens is 366 g/mol. The van der Waals surface area contributed by atoms with E-state index in [9.17, 15) is 9.59 Å². The fourth-order valence-electron chi connectivity index (χ4n) is 3.59. The van der Waals surface area contributed by atoms with Crippen molar-refractivity contribution in [2.45, 2.75) is 58.7 Å². The molecule has 2 heterocycles.